The van der Waals surface area contributed by atoms with E-state index in [1.165, 1.54) is 10.7 Å². The molecule has 0 radical (unpaired) electrons. The quantitative estimate of drug-likeness (QED) is 0.389. The van der Waals surface area contributed by atoms with E-state index in [9.17, 15) is 26.4 Å². The predicted molar refractivity (Wildman–Crippen MR) is 141 cm³/mol. The van der Waals surface area contributed by atoms with E-state index in [0.29, 0.717) is 29.6 Å². The highest BCUT2D eigenvalue weighted by Gasteiger charge is 2.52. The number of rotatable bonds is 4. The lowest BCUT2D eigenvalue weighted by molar-refractivity contribution is -0.190. The zero-order valence-electron chi connectivity index (χ0n) is 21.3. The Bertz CT molecular complexity index is 1710. The van der Waals surface area contributed by atoms with E-state index in [-0.39, 0.29) is 29.2 Å². The Morgan fingerprint density at radius 2 is 1.68 bits per heavy atom. The number of hydrogen-bond donors (Lipinski definition) is 1. The first kappa shape index (κ1) is 26.2. The summed E-state index contributed by atoms with van der Waals surface area (Å²) in [6.45, 7) is 0. The minimum Gasteiger partial charge on any atom is -0.382 e. The molecule has 1 amide bonds. The third-order valence-electron chi connectivity index (χ3n) is 7.78. The summed E-state index contributed by atoms with van der Waals surface area (Å²) in [7, 11) is -3.89. The van der Waals surface area contributed by atoms with E-state index in [2.05, 4.69) is 10.1 Å². The SMILES string of the molecule is CS(=O)(=O)c1c(C2C[C@H]3CC[C@@H](C2)N3C(=O)C(F)(F)F)nc2c(-c3ccc(-c4ccccc4)nc3)cnn2c1N. The van der Waals surface area contributed by atoms with Gasteiger partial charge in [-0.25, -0.2) is 13.4 Å². The average molecular weight is 571 g/mol. The molecule has 2 N–H and O–H groups in total. The predicted octanol–water partition coefficient (Wildman–Crippen LogP) is 4.24. The van der Waals surface area contributed by atoms with Gasteiger partial charge in [0.2, 0.25) is 0 Å². The van der Waals surface area contributed by atoms with Gasteiger partial charge in [0.05, 0.1) is 17.6 Å². The van der Waals surface area contributed by atoms with Crippen LogP contribution in [0.3, 0.4) is 0 Å². The van der Waals surface area contributed by atoms with Crippen LogP contribution in [0.2, 0.25) is 0 Å². The molecule has 2 aliphatic heterocycles. The first-order valence-corrected chi connectivity index (χ1v) is 14.6. The summed E-state index contributed by atoms with van der Waals surface area (Å²) in [6.07, 6.45) is 0.372. The molecule has 6 rings (SSSR count). The van der Waals surface area contributed by atoms with Crippen LogP contribution < -0.4 is 5.73 Å². The summed E-state index contributed by atoms with van der Waals surface area (Å²) >= 11 is 0. The molecule has 2 saturated heterocycles. The number of benzene rings is 1. The molecule has 1 unspecified atom stereocenters. The van der Waals surface area contributed by atoms with Crippen molar-refractivity contribution >= 4 is 27.2 Å². The number of anilines is 1. The molecule has 208 valence electrons. The highest BCUT2D eigenvalue weighted by atomic mass is 32.2. The number of piperidine rings is 1. The van der Waals surface area contributed by atoms with Gasteiger partial charge in [0.15, 0.2) is 15.5 Å². The zero-order valence-corrected chi connectivity index (χ0v) is 22.2. The number of nitrogens with two attached hydrogens (primary N) is 1. The van der Waals surface area contributed by atoms with Gasteiger partial charge >= 0.3 is 12.1 Å². The second-order valence-corrected chi connectivity index (χ2v) is 12.3. The number of hydrogen-bond acceptors (Lipinski definition) is 7. The number of nitrogen functional groups attached to an aromatic ring is 1. The number of fused-ring (bicyclic) bond motifs is 3. The highest BCUT2D eigenvalue weighted by Crippen LogP contribution is 2.46. The molecule has 3 atom stereocenters. The minimum atomic E-state index is -4.97. The normalized spacial score (nSPS) is 21.2. The lowest BCUT2D eigenvalue weighted by atomic mass is 9.87. The monoisotopic (exact) mass is 570 g/mol. The average Bonchev–Trinajstić information content (AvgIpc) is 3.45. The molecular formula is C27H25F3N6O3S. The molecule has 4 aromatic rings. The highest BCUT2D eigenvalue weighted by molar-refractivity contribution is 7.91. The Labute approximate surface area is 227 Å². The van der Waals surface area contributed by atoms with Crippen molar-refractivity contribution in [1.82, 2.24) is 24.5 Å². The lowest BCUT2D eigenvalue weighted by Gasteiger charge is -2.39. The fourth-order valence-electron chi connectivity index (χ4n) is 6.09. The van der Waals surface area contributed by atoms with E-state index < -0.39 is 39.9 Å². The van der Waals surface area contributed by atoms with E-state index in [1.54, 1.807) is 6.20 Å². The summed E-state index contributed by atoms with van der Waals surface area (Å²) < 4.78 is 66.8. The van der Waals surface area contributed by atoms with Crippen LogP contribution in [0.15, 0.2) is 59.8 Å². The van der Waals surface area contributed by atoms with Gasteiger partial charge in [0, 0.05) is 47.1 Å². The fraction of sp³-hybridized carbons (Fsp3) is 0.333. The molecule has 13 heteroatoms. The number of sulfone groups is 1. The maximum atomic E-state index is 13.3. The van der Waals surface area contributed by atoms with Gasteiger partial charge in [-0.15, -0.1) is 0 Å². The molecule has 5 heterocycles. The number of carbonyl (C=O) groups is 1. The van der Waals surface area contributed by atoms with Crippen molar-refractivity contribution in [3.63, 3.8) is 0 Å². The van der Waals surface area contributed by atoms with Crippen LogP contribution >= 0.6 is 0 Å². The van der Waals surface area contributed by atoms with Crippen LogP contribution in [0.25, 0.3) is 28.0 Å². The van der Waals surface area contributed by atoms with Crippen molar-refractivity contribution in [2.75, 3.05) is 12.0 Å². The maximum Gasteiger partial charge on any atom is 0.471 e. The molecule has 3 aromatic heterocycles. The van der Waals surface area contributed by atoms with Crippen LogP contribution in [0.4, 0.5) is 19.0 Å². The Kier molecular flexibility index (Phi) is 6.09. The number of nitrogens with zero attached hydrogens (tertiary/aromatic N) is 5. The van der Waals surface area contributed by atoms with Crippen molar-refractivity contribution in [2.45, 2.75) is 54.8 Å². The molecule has 1 aromatic carbocycles. The van der Waals surface area contributed by atoms with Crippen molar-refractivity contribution < 1.29 is 26.4 Å². The molecule has 2 bridgehead atoms. The molecule has 0 aliphatic carbocycles. The molecule has 40 heavy (non-hydrogen) atoms. The van der Waals surface area contributed by atoms with Crippen LogP contribution in [0, 0.1) is 0 Å². The fourth-order valence-corrected chi connectivity index (χ4v) is 7.15. The van der Waals surface area contributed by atoms with Crippen LogP contribution in [-0.4, -0.2) is 63.3 Å². The standard InChI is InChI=1S/C27H25F3N6O3S/c1-40(38,39)23-22(17-11-18-8-9-19(12-17)35(18)26(37)27(28,29)30)34-25-20(14-33-36(25)24(23)31)16-7-10-21(32-13-16)15-5-3-2-4-6-15/h2-7,10,13-14,17-19H,8-9,11-12,31H2,1H3/t17?,18-,19+. The van der Waals surface area contributed by atoms with Crippen molar-refractivity contribution in [2.24, 2.45) is 0 Å². The Morgan fingerprint density at radius 3 is 2.25 bits per heavy atom. The maximum absolute atomic E-state index is 13.3. The molecule has 2 fully saturated rings. The molecule has 9 nitrogen and oxygen atoms in total. The smallest absolute Gasteiger partial charge is 0.382 e. The van der Waals surface area contributed by atoms with E-state index in [0.717, 1.165) is 22.4 Å². The first-order chi connectivity index (χ1) is 18.9. The van der Waals surface area contributed by atoms with Gasteiger partial charge in [0.1, 0.15) is 10.7 Å². The number of aromatic nitrogens is 4. The lowest BCUT2D eigenvalue weighted by Crippen LogP contribution is -2.51. The van der Waals surface area contributed by atoms with Crippen LogP contribution in [0.5, 0.6) is 0 Å². The summed E-state index contributed by atoms with van der Waals surface area (Å²) in [4.78, 5) is 22.1. The molecule has 0 saturated carbocycles. The topological polar surface area (TPSA) is 124 Å². The molecular weight excluding hydrogens is 545 g/mol. The van der Waals surface area contributed by atoms with Gasteiger partial charge in [-0.3, -0.25) is 9.78 Å². The van der Waals surface area contributed by atoms with Gasteiger partial charge in [-0.1, -0.05) is 36.4 Å². The van der Waals surface area contributed by atoms with Gasteiger partial charge in [-0.05, 0) is 31.7 Å². The summed E-state index contributed by atoms with van der Waals surface area (Å²) in [5.41, 5.74) is 9.86. The van der Waals surface area contributed by atoms with E-state index in [4.69, 9.17) is 10.7 Å². The van der Waals surface area contributed by atoms with Crippen LogP contribution in [-0.2, 0) is 14.6 Å². The summed E-state index contributed by atoms with van der Waals surface area (Å²) in [5, 5.41) is 4.30. The second kappa shape index (κ2) is 9.29. The Morgan fingerprint density at radius 1 is 1.00 bits per heavy atom. The third-order valence-corrected chi connectivity index (χ3v) is 8.94. The Hall–Kier alpha value is -4.00. The first-order valence-electron chi connectivity index (χ1n) is 12.7. The van der Waals surface area contributed by atoms with Gasteiger partial charge in [0.25, 0.3) is 0 Å². The van der Waals surface area contributed by atoms with E-state index >= 15 is 0 Å². The van der Waals surface area contributed by atoms with Gasteiger partial charge in [-0.2, -0.15) is 22.8 Å². The number of amides is 1. The largest absolute Gasteiger partial charge is 0.471 e. The zero-order chi connectivity index (χ0) is 28.4. The number of pyridine rings is 1. The Balaban J connectivity index is 1.42. The third kappa shape index (κ3) is 4.37. The number of halogens is 3. The molecule has 0 spiro atoms. The number of carbonyl (C=O) groups excluding carboxylic acids is 1. The van der Waals surface area contributed by atoms with Gasteiger partial charge < -0.3 is 10.6 Å². The van der Waals surface area contributed by atoms with Crippen molar-refractivity contribution in [3.8, 4) is 22.4 Å². The van der Waals surface area contributed by atoms with Crippen molar-refractivity contribution in [1.29, 1.82) is 0 Å². The van der Waals surface area contributed by atoms with Crippen LogP contribution in [0.1, 0.15) is 37.3 Å². The summed E-state index contributed by atoms with van der Waals surface area (Å²) in [5.74, 6) is -2.48. The number of alkyl halides is 3. The molecule has 2 aliphatic rings. The van der Waals surface area contributed by atoms with Crippen molar-refractivity contribution in [3.05, 3.63) is 60.6 Å². The summed E-state index contributed by atoms with van der Waals surface area (Å²) in [6, 6.07) is 12.0. The second-order valence-electron chi connectivity index (χ2n) is 10.3. The minimum absolute atomic E-state index is 0.122. The van der Waals surface area contributed by atoms with E-state index in [1.807, 2.05) is 42.5 Å².